The summed E-state index contributed by atoms with van der Waals surface area (Å²) in [7, 11) is 3.97. The van der Waals surface area contributed by atoms with Crippen LogP contribution < -0.4 is 10.6 Å². The highest BCUT2D eigenvalue weighted by Crippen LogP contribution is 2.29. The summed E-state index contributed by atoms with van der Waals surface area (Å²) in [6.45, 7) is 0. The van der Waals surface area contributed by atoms with Crippen molar-refractivity contribution >= 4 is 11.5 Å². The van der Waals surface area contributed by atoms with Crippen molar-refractivity contribution in [3.8, 4) is 0 Å². The van der Waals surface area contributed by atoms with E-state index in [0.717, 1.165) is 16.8 Å². The first-order valence-electron chi connectivity index (χ1n) is 4.68. The average molecular weight is 190 g/mol. The van der Waals surface area contributed by atoms with E-state index in [4.69, 9.17) is 5.73 Å². The lowest BCUT2D eigenvalue weighted by Gasteiger charge is -2.13. The molecule has 0 aliphatic heterocycles. The Morgan fingerprint density at radius 3 is 2.79 bits per heavy atom. The number of rotatable bonds is 1. The normalized spacial score (nSPS) is 19.6. The molecule has 0 heterocycles. The fourth-order valence-electron chi connectivity index (χ4n) is 1.80. The molecule has 1 aliphatic carbocycles. The molecule has 1 atom stereocenters. The van der Waals surface area contributed by atoms with Crippen molar-refractivity contribution in [3.63, 3.8) is 0 Å². The van der Waals surface area contributed by atoms with Gasteiger partial charge < -0.3 is 10.6 Å². The number of anilines is 1. The summed E-state index contributed by atoms with van der Waals surface area (Å²) in [6, 6.07) is 5.60. The van der Waals surface area contributed by atoms with Gasteiger partial charge in [-0.1, -0.05) is 6.07 Å². The van der Waals surface area contributed by atoms with E-state index in [1.54, 1.807) is 0 Å². The maximum atomic E-state index is 11.4. The molecule has 3 heteroatoms. The lowest BCUT2D eigenvalue weighted by atomic mass is 10.1. The number of carbonyl (C=O) groups is 1. The molecule has 0 bridgehead atoms. The quantitative estimate of drug-likeness (QED) is 0.715. The Labute approximate surface area is 83.5 Å². The van der Waals surface area contributed by atoms with Gasteiger partial charge in [-0.2, -0.15) is 0 Å². The third-order valence-corrected chi connectivity index (χ3v) is 2.69. The first kappa shape index (κ1) is 9.21. The minimum atomic E-state index is -0.402. The molecule has 14 heavy (non-hydrogen) atoms. The largest absolute Gasteiger partial charge is 0.378 e. The topological polar surface area (TPSA) is 46.3 Å². The third kappa shape index (κ3) is 1.30. The summed E-state index contributed by atoms with van der Waals surface area (Å²) in [5.41, 5.74) is 8.93. The van der Waals surface area contributed by atoms with Gasteiger partial charge in [-0.25, -0.2) is 0 Å². The molecular weight excluding hydrogens is 176 g/mol. The second-order valence-electron chi connectivity index (χ2n) is 3.90. The monoisotopic (exact) mass is 190 g/mol. The van der Waals surface area contributed by atoms with E-state index in [-0.39, 0.29) is 5.78 Å². The highest BCUT2D eigenvalue weighted by atomic mass is 16.1. The molecular formula is C11H14N2O. The molecule has 2 rings (SSSR count). The van der Waals surface area contributed by atoms with Crippen molar-refractivity contribution in [2.24, 2.45) is 5.73 Å². The van der Waals surface area contributed by atoms with Gasteiger partial charge >= 0.3 is 0 Å². The van der Waals surface area contributed by atoms with Gasteiger partial charge in [0.15, 0.2) is 5.78 Å². The van der Waals surface area contributed by atoms with Crippen LogP contribution in [0, 0.1) is 0 Å². The van der Waals surface area contributed by atoms with Crippen LogP contribution in [0.25, 0.3) is 0 Å². The summed E-state index contributed by atoms with van der Waals surface area (Å²) in [5, 5.41) is 0. The Hall–Kier alpha value is -1.35. The van der Waals surface area contributed by atoms with Gasteiger partial charge in [0.05, 0.1) is 6.04 Å². The van der Waals surface area contributed by atoms with Gasteiger partial charge in [0.2, 0.25) is 0 Å². The molecule has 1 aromatic rings. The lowest BCUT2D eigenvalue weighted by Crippen LogP contribution is -2.15. The Balaban J connectivity index is 2.44. The predicted molar refractivity (Wildman–Crippen MR) is 56.4 cm³/mol. The molecule has 0 saturated carbocycles. The predicted octanol–water partition coefficient (Wildman–Crippen LogP) is 0.878. The smallest absolute Gasteiger partial charge is 0.158 e. The Morgan fingerprint density at radius 1 is 1.43 bits per heavy atom. The van der Waals surface area contributed by atoms with Gasteiger partial charge in [-0.3, -0.25) is 4.79 Å². The SMILES string of the molecule is CN(C)c1ccc2c(c1)CC(=O)C2N. The van der Waals surface area contributed by atoms with Crippen molar-refractivity contribution in [3.05, 3.63) is 29.3 Å². The molecule has 0 fully saturated rings. The fourth-order valence-corrected chi connectivity index (χ4v) is 1.80. The zero-order valence-electron chi connectivity index (χ0n) is 8.45. The highest BCUT2D eigenvalue weighted by Gasteiger charge is 2.27. The van der Waals surface area contributed by atoms with Crippen molar-refractivity contribution in [1.82, 2.24) is 0 Å². The summed E-state index contributed by atoms with van der Waals surface area (Å²) >= 11 is 0. The average Bonchev–Trinajstić information content (AvgIpc) is 2.42. The van der Waals surface area contributed by atoms with E-state index in [0.29, 0.717) is 6.42 Å². The second kappa shape index (κ2) is 3.10. The summed E-state index contributed by atoms with van der Waals surface area (Å²) in [6.07, 6.45) is 0.484. The zero-order valence-corrected chi connectivity index (χ0v) is 8.45. The maximum absolute atomic E-state index is 11.4. The number of nitrogens with two attached hydrogens (primary N) is 1. The van der Waals surface area contributed by atoms with E-state index in [9.17, 15) is 4.79 Å². The number of nitrogens with zero attached hydrogens (tertiary/aromatic N) is 1. The minimum absolute atomic E-state index is 0.121. The Morgan fingerprint density at radius 2 is 2.14 bits per heavy atom. The zero-order chi connectivity index (χ0) is 10.3. The number of hydrogen-bond donors (Lipinski definition) is 1. The van der Waals surface area contributed by atoms with Crippen molar-refractivity contribution in [1.29, 1.82) is 0 Å². The molecule has 1 aliphatic rings. The molecule has 0 aromatic heterocycles. The first-order chi connectivity index (χ1) is 6.59. The first-order valence-corrected chi connectivity index (χ1v) is 4.68. The van der Waals surface area contributed by atoms with Crippen LogP contribution in [0.2, 0.25) is 0 Å². The van der Waals surface area contributed by atoms with Crippen LogP contribution in [0.4, 0.5) is 5.69 Å². The van der Waals surface area contributed by atoms with Crippen LogP contribution in [0.1, 0.15) is 17.2 Å². The maximum Gasteiger partial charge on any atom is 0.158 e. The molecule has 0 saturated heterocycles. The Kier molecular flexibility index (Phi) is 2.04. The third-order valence-electron chi connectivity index (χ3n) is 2.69. The van der Waals surface area contributed by atoms with Gasteiger partial charge in [0.25, 0.3) is 0 Å². The number of carbonyl (C=O) groups excluding carboxylic acids is 1. The highest BCUT2D eigenvalue weighted by molar-refractivity contribution is 5.92. The molecule has 74 valence electrons. The summed E-state index contributed by atoms with van der Waals surface area (Å²) in [5.74, 6) is 0.121. The molecule has 0 spiro atoms. The van der Waals surface area contributed by atoms with E-state index >= 15 is 0 Å². The van der Waals surface area contributed by atoms with Crippen molar-refractivity contribution < 1.29 is 4.79 Å². The van der Waals surface area contributed by atoms with Gasteiger partial charge in [-0.05, 0) is 23.3 Å². The van der Waals surface area contributed by atoms with Crippen LogP contribution in [0.3, 0.4) is 0 Å². The summed E-state index contributed by atoms with van der Waals surface area (Å²) < 4.78 is 0. The number of Topliss-reactive ketones (excluding diaryl/α,β-unsaturated/α-hetero) is 1. The standard InChI is InChI=1S/C11H14N2O/c1-13(2)8-3-4-9-7(5-8)6-10(14)11(9)12/h3-5,11H,6,12H2,1-2H3. The molecule has 1 unspecified atom stereocenters. The van der Waals surface area contributed by atoms with E-state index in [2.05, 4.69) is 0 Å². The molecule has 2 N–H and O–H groups in total. The van der Waals surface area contributed by atoms with Crippen LogP contribution >= 0.6 is 0 Å². The van der Waals surface area contributed by atoms with Gasteiger partial charge in [-0.15, -0.1) is 0 Å². The van der Waals surface area contributed by atoms with Crippen molar-refractivity contribution in [2.75, 3.05) is 19.0 Å². The Bertz CT molecular complexity index is 385. The van der Waals surface area contributed by atoms with Crippen molar-refractivity contribution in [2.45, 2.75) is 12.5 Å². The minimum Gasteiger partial charge on any atom is -0.378 e. The number of benzene rings is 1. The molecule has 1 aromatic carbocycles. The summed E-state index contributed by atoms with van der Waals surface area (Å²) in [4.78, 5) is 13.4. The second-order valence-corrected chi connectivity index (χ2v) is 3.90. The molecule has 0 amide bonds. The van der Waals surface area contributed by atoms with Crippen LogP contribution in [-0.4, -0.2) is 19.9 Å². The van der Waals surface area contributed by atoms with Crippen LogP contribution in [0.15, 0.2) is 18.2 Å². The molecule has 3 nitrogen and oxygen atoms in total. The van der Waals surface area contributed by atoms with E-state index in [1.807, 2.05) is 37.2 Å². The number of hydrogen-bond acceptors (Lipinski definition) is 3. The van der Waals surface area contributed by atoms with Gasteiger partial charge in [0.1, 0.15) is 0 Å². The van der Waals surface area contributed by atoms with Crippen LogP contribution in [0.5, 0.6) is 0 Å². The fraction of sp³-hybridized carbons (Fsp3) is 0.364. The number of fused-ring (bicyclic) bond motifs is 1. The van der Waals surface area contributed by atoms with E-state index < -0.39 is 6.04 Å². The lowest BCUT2D eigenvalue weighted by molar-refractivity contribution is -0.118. The van der Waals surface area contributed by atoms with Gasteiger partial charge in [0, 0.05) is 26.2 Å². The number of ketones is 1. The van der Waals surface area contributed by atoms with Crippen LogP contribution in [-0.2, 0) is 11.2 Å². The molecule has 0 radical (unpaired) electrons. The van der Waals surface area contributed by atoms with E-state index in [1.165, 1.54) is 0 Å².